The Morgan fingerprint density at radius 1 is 1.62 bits per heavy atom. The van der Waals surface area contributed by atoms with E-state index in [9.17, 15) is 9.59 Å². The van der Waals surface area contributed by atoms with Crippen LogP contribution in [0.25, 0.3) is 0 Å². The van der Waals surface area contributed by atoms with E-state index in [4.69, 9.17) is 6.42 Å². The molecule has 0 fully saturated rings. The third-order valence-electron chi connectivity index (χ3n) is 2.11. The second-order valence-electron chi connectivity index (χ2n) is 3.34. The Labute approximate surface area is 94.3 Å². The zero-order valence-corrected chi connectivity index (χ0v) is 9.19. The minimum atomic E-state index is -0.384. The van der Waals surface area contributed by atoms with Gasteiger partial charge in [0.05, 0.1) is 6.54 Å². The number of pyridine rings is 1. The molecule has 1 aromatic heterocycles. The number of terminal acetylenes is 1. The van der Waals surface area contributed by atoms with Gasteiger partial charge in [0.1, 0.15) is 5.56 Å². The van der Waals surface area contributed by atoms with Crippen molar-refractivity contribution in [2.45, 2.75) is 13.3 Å². The van der Waals surface area contributed by atoms with Gasteiger partial charge in [-0.15, -0.1) is 6.42 Å². The summed E-state index contributed by atoms with van der Waals surface area (Å²) < 4.78 is 0. The van der Waals surface area contributed by atoms with Gasteiger partial charge in [-0.3, -0.25) is 9.59 Å². The first-order valence-electron chi connectivity index (χ1n) is 5.11. The maximum Gasteiger partial charge on any atom is 0.260 e. The number of aromatic nitrogens is 1. The SMILES string of the molecule is C#CCN(CCC)C(=O)c1ccc[nH]c1=O. The molecule has 0 aromatic carbocycles. The molecule has 0 radical (unpaired) electrons. The van der Waals surface area contributed by atoms with Crippen LogP contribution in [-0.2, 0) is 0 Å². The summed E-state index contributed by atoms with van der Waals surface area (Å²) in [5.74, 6) is 2.10. The monoisotopic (exact) mass is 218 g/mol. The number of hydrogen-bond acceptors (Lipinski definition) is 2. The number of carbonyl (C=O) groups excluding carboxylic acids is 1. The molecule has 1 amide bonds. The molecular formula is C12H14N2O2. The van der Waals surface area contributed by atoms with Crippen LogP contribution in [0.3, 0.4) is 0 Å². The summed E-state index contributed by atoms with van der Waals surface area (Å²) >= 11 is 0. The number of H-pyrrole nitrogens is 1. The second kappa shape index (κ2) is 5.76. The molecular weight excluding hydrogens is 204 g/mol. The van der Waals surface area contributed by atoms with Gasteiger partial charge in [-0.1, -0.05) is 12.8 Å². The number of carbonyl (C=O) groups is 1. The van der Waals surface area contributed by atoms with Crippen molar-refractivity contribution in [3.05, 3.63) is 34.2 Å². The van der Waals surface area contributed by atoms with Gasteiger partial charge in [-0.05, 0) is 18.6 Å². The highest BCUT2D eigenvalue weighted by Gasteiger charge is 2.16. The fraction of sp³-hybridized carbons (Fsp3) is 0.333. The van der Waals surface area contributed by atoms with E-state index in [2.05, 4.69) is 10.9 Å². The zero-order valence-electron chi connectivity index (χ0n) is 9.19. The van der Waals surface area contributed by atoms with Gasteiger partial charge < -0.3 is 9.88 Å². The summed E-state index contributed by atoms with van der Waals surface area (Å²) in [6.45, 7) is 2.73. The predicted molar refractivity (Wildman–Crippen MR) is 62.1 cm³/mol. The molecule has 4 heteroatoms. The molecule has 1 N–H and O–H groups in total. The molecule has 1 aromatic rings. The Morgan fingerprint density at radius 3 is 2.94 bits per heavy atom. The van der Waals surface area contributed by atoms with Crippen molar-refractivity contribution in [2.24, 2.45) is 0 Å². The first kappa shape index (κ1) is 12.1. The number of nitrogens with zero attached hydrogens (tertiary/aromatic N) is 1. The molecule has 84 valence electrons. The lowest BCUT2D eigenvalue weighted by Crippen LogP contribution is -2.35. The van der Waals surface area contributed by atoms with E-state index in [1.807, 2.05) is 6.92 Å². The first-order valence-corrected chi connectivity index (χ1v) is 5.11. The number of aromatic amines is 1. The van der Waals surface area contributed by atoms with Gasteiger partial charge >= 0.3 is 0 Å². The van der Waals surface area contributed by atoms with Crippen LogP contribution in [0.1, 0.15) is 23.7 Å². The largest absolute Gasteiger partial charge is 0.328 e. The van der Waals surface area contributed by atoms with Crippen molar-refractivity contribution in [1.29, 1.82) is 0 Å². The molecule has 0 aliphatic heterocycles. The molecule has 16 heavy (non-hydrogen) atoms. The average molecular weight is 218 g/mol. The van der Waals surface area contributed by atoms with Crippen molar-refractivity contribution < 1.29 is 4.79 Å². The summed E-state index contributed by atoms with van der Waals surface area (Å²) in [5.41, 5.74) is -0.253. The zero-order chi connectivity index (χ0) is 12.0. The van der Waals surface area contributed by atoms with E-state index in [1.165, 1.54) is 17.2 Å². The van der Waals surface area contributed by atoms with Crippen LogP contribution in [-0.4, -0.2) is 28.9 Å². The molecule has 0 saturated heterocycles. The van der Waals surface area contributed by atoms with Gasteiger partial charge in [0.25, 0.3) is 11.5 Å². The van der Waals surface area contributed by atoms with Gasteiger partial charge in [-0.25, -0.2) is 0 Å². The molecule has 0 aliphatic carbocycles. The van der Waals surface area contributed by atoms with Crippen LogP contribution in [0, 0.1) is 12.3 Å². The lowest BCUT2D eigenvalue weighted by Gasteiger charge is -2.18. The molecule has 0 bridgehead atoms. The molecule has 4 nitrogen and oxygen atoms in total. The van der Waals surface area contributed by atoms with Crippen molar-refractivity contribution in [1.82, 2.24) is 9.88 Å². The van der Waals surface area contributed by atoms with E-state index in [-0.39, 0.29) is 23.6 Å². The summed E-state index contributed by atoms with van der Waals surface area (Å²) in [7, 11) is 0. The number of hydrogen-bond donors (Lipinski definition) is 1. The topological polar surface area (TPSA) is 53.2 Å². The van der Waals surface area contributed by atoms with Gasteiger partial charge in [-0.2, -0.15) is 0 Å². The summed E-state index contributed by atoms with van der Waals surface area (Å²) in [6.07, 6.45) is 7.48. The molecule has 0 saturated carbocycles. The van der Waals surface area contributed by atoms with E-state index in [1.54, 1.807) is 6.07 Å². The number of amides is 1. The second-order valence-corrected chi connectivity index (χ2v) is 3.34. The van der Waals surface area contributed by atoms with Gasteiger partial charge in [0, 0.05) is 12.7 Å². The molecule has 0 unspecified atom stereocenters. The number of nitrogens with one attached hydrogen (secondary N) is 1. The Balaban J connectivity index is 2.95. The molecule has 0 atom stereocenters. The lowest BCUT2D eigenvalue weighted by atomic mass is 10.2. The highest BCUT2D eigenvalue weighted by atomic mass is 16.2. The van der Waals surface area contributed by atoms with Gasteiger partial charge in [0.15, 0.2) is 0 Å². The van der Waals surface area contributed by atoms with Crippen LogP contribution in [0.2, 0.25) is 0 Å². The van der Waals surface area contributed by atoms with E-state index < -0.39 is 0 Å². The van der Waals surface area contributed by atoms with E-state index >= 15 is 0 Å². The third-order valence-corrected chi connectivity index (χ3v) is 2.11. The fourth-order valence-electron chi connectivity index (χ4n) is 1.39. The highest BCUT2D eigenvalue weighted by Crippen LogP contribution is 2.00. The van der Waals surface area contributed by atoms with Crippen molar-refractivity contribution in [3.63, 3.8) is 0 Å². The maximum absolute atomic E-state index is 12.0. The normalized spacial score (nSPS) is 9.50. The van der Waals surface area contributed by atoms with Gasteiger partial charge in [0.2, 0.25) is 0 Å². The summed E-state index contributed by atoms with van der Waals surface area (Å²) in [6, 6.07) is 3.12. The Bertz CT molecular complexity index is 457. The van der Waals surface area contributed by atoms with Crippen LogP contribution in [0.5, 0.6) is 0 Å². The van der Waals surface area contributed by atoms with Crippen molar-refractivity contribution >= 4 is 5.91 Å². The summed E-state index contributed by atoms with van der Waals surface area (Å²) in [5, 5.41) is 0. The Kier molecular flexibility index (Phi) is 4.34. The van der Waals surface area contributed by atoms with E-state index in [0.717, 1.165) is 6.42 Å². The standard InChI is InChI=1S/C12H14N2O2/c1-3-8-14(9-4-2)12(16)10-6-5-7-13-11(10)15/h1,5-7H,4,8-9H2,2H3,(H,13,15). The Morgan fingerprint density at radius 2 is 2.38 bits per heavy atom. The minimum absolute atomic E-state index is 0.131. The van der Waals surface area contributed by atoms with Crippen LogP contribution in [0.15, 0.2) is 23.1 Å². The quantitative estimate of drug-likeness (QED) is 0.762. The molecule has 1 heterocycles. The van der Waals surface area contributed by atoms with E-state index in [0.29, 0.717) is 6.54 Å². The third kappa shape index (κ3) is 2.74. The highest BCUT2D eigenvalue weighted by molar-refractivity contribution is 5.93. The van der Waals surface area contributed by atoms with Crippen molar-refractivity contribution in [3.8, 4) is 12.3 Å². The average Bonchev–Trinajstić information content (AvgIpc) is 2.28. The molecule has 1 rings (SSSR count). The predicted octanol–water partition coefficient (Wildman–Crippen LogP) is 0.860. The van der Waals surface area contributed by atoms with Crippen molar-refractivity contribution in [2.75, 3.05) is 13.1 Å². The van der Waals surface area contributed by atoms with Crippen LogP contribution in [0.4, 0.5) is 0 Å². The number of rotatable bonds is 4. The Hall–Kier alpha value is -2.02. The summed E-state index contributed by atoms with van der Waals surface area (Å²) in [4.78, 5) is 27.3. The molecule has 0 aliphatic rings. The van der Waals surface area contributed by atoms with Crippen LogP contribution >= 0.6 is 0 Å². The van der Waals surface area contributed by atoms with Crippen LogP contribution < -0.4 is 5.56 Å². The fourth-order valence-corrected chi connectivity index (χ4v) is 1.39. The minimum Gasteiger partial charge on any atom is -0.328 e. The maximum atomic E-state index is 12.0. The first-order chi connectivity index (χ1) is 7.70. The molecule has 0 spiro atoms. The lowest BCUT2D eigenvalue weighted by molar-refractivity contribution is 0.0775. The smallest absolute Gasteiger partial charge is 0.260 e.